The number of hydrogen-bond acceptors (Lipinski definition) is 4. The summed E-state index contributed by atoms with van der Waals surface area (Å²) < 4.78 is 6.80. The highest BCUT2D eigenvalue weighted by molar-refractivity contribution is 5.43. The summed E-state index contributed by atoms with van der Waals surface area (Å²) in [6.07, 6.45) is 3.19. The van der Waals surface area contributed by atoms with Gasteiger partial charge in [-0.1, -0.05) is 0 Å². The van der Waals surface area contributed by atoms with Gasteiger partial charge in [0, 0.05) is 25.3 Å². The zero-order valence-electron chi connectivity index (χ0n) is 8.55. The maximum Gasteiger partial charge on any atom is 0.159 e. The van der Waals surface area contributed by atoms with Crippen molar-refractivity contribution in [1.82, 2.24) is 14.6 Å². The molecule has 0 unspecified atom stereocenters. The number of hydrogen-bond donors (Lipinski definition) is 1. The first-order valence-corrected chi connectivity index (χ1v) is 4.83. The van der Waals surface area contributed by atoms with Crippen LogP contribution < -0.4 is 4.74 Å². The fraction of sp³-hybridized carbons (Fsp3) is 0.400. The molecule has 0 bridgehead atoms. The van der Waals surface area contributed by atoms with Crippen LogP contribution >= 0.6 is 0 Å². The molecule has 0 fully saturated rings. The zero-order chi connectivity index (χ0) is 10.7. The summed E-state index contributed by atoms with van der Waals surface area (Å²) in [6.45, 7) is 0.166. The number of nitrogens with zero attached hydrogens (tertiary/aromatic N) is 3. The van der Waals surface area contributed by atoms with Crippen molar-refractivity contribution in [2.24, 2.45) is 0 Å². The minimum Gasteiger partial charge on any atom is -0.497 e. The third kappa shape index (κ3) is 2.07. The molecule has 2 aromatic heterocycles. The van der Waals surface area contributed by atoms with Crippen LogP contribution in [-0.4, -0.2) is 33.4 Å². The summed E-state index contributed by atoms with van der Waals surface area (Å²) in [5.41, 5.74) is 0.766. The zero-order valence-corrected chi connectivity index (χ0v) is 8.55. The van der Waals surface area contributed by atoms with Crippen LogP contribution in [0, 0.1) is 0 Å². The van der Waals surface area contributed by atoms with Crippen molar-refractivity contribution >= 4 is 5.65 Å². The first kappa shape index (κ1) is 9.92. The first-order chi connectivity index (χ1) is 7.33. The number of aliphatic hydroxyl groups excluding tert-OH is 1. The van der Waals surface area contributed by atoms with Crippen molar-refractivity contribution in [3.63, 3.8) is 0 Å². The molecule has 0 atom stereocenters. The van der Waals surface area contributed by atoms with Crippen LogP contribution in [-0.2, 0) is 6.42 Å². The van der Waals surface area contributed by atoms with E-state index in [0.29, 0.717) is 12.8 Å². The van der Waals surface area contributed by atoms with Gasteiger partial charge in [0.2, 0.25) is 0 Å². The SMILES string of the molecule is COc1ccn2nc(CCCO)nc2c1. The molecule has 2 heterocycles. The molecule has 2 rings (SSSR count). The lowest BCUT2D eigenvalue weighted by atomic mass is 10.3. The summed E-state index contributed by atoms with van der Waals surface area (Å²) in [5, 5.41) is 13.0. The third-order valence-electron chi connectivity index (χ3n) is 2.15. The quantitative estimate of drug-likeness (QED) is 0.800. The number of ether oxygens (including phenoxy) is 1. The van der Waals surface area contributed by atoms with Crippen LogP contribution in [0.25, 0.3) is 5.65 Å². The van der Waals surface area contributed by atoms with Crippen molar-refractivity contribution in [2.45, 2.75) is 12.8 Å². The Labute approximate surface area is 87.3 Å². The van der Waals surface area contributed by atoms with Crippen molar-refractivity contribution in [3.8, 4) is 5.75 Å². The third-order valence-corrected chi connectivity index (χ3v) is 2.15. The van der Waals surface area contributed by atoms with Gasteiger partial charge in [-0.25, -0.2) is 9.50 Å². The molecule has 15 heavy (non-hydrogen) atoms. The predicted octanol–water partition coefficient (Wildman–Crippen LogP) is 0.663. The molecule has 80 valence electrons. The predicted molar refractivity (Wildman–Crippen MR) is 54.9 cm³/mol. The van der Waals surface area contributed by atoms with Crippen molar-refractivity contribution in [1.29, 1.82) is 0 Å². The van der Waals surface area contributed by atoms with Gasteiger partial charge in [-0.2, -0.15) is 5.10 Å². The second kappa shape index (κ2) is 4.27. The number of aryl methyl sites for hydroxylation is 1. The normalized spacial score (nSPS) is 10.8. The Bertz CT molecular complexity index is 453. The summed E-state index contributed by atoms with van der Waals surface area (Å²) in [6, 6.07) is 3.66. The largest absolute Gasteiger partial charge is 0.497 e. The summed E-state index contributed by atoms with van der Waals surface area (Å²) >= 11 is 0. The highest BCUT2D eigenvalue weighted by atomic mass is 16.5. The first-order valence-electron chi connectivity index (χ1n) is 4.83. The number of methoxy groups -OCH3 is 1. The Morgan fingerprint density at radius 2 is 2.40 bits per heavy atom. The Kier molecular flexibility index (Phi) is 2.82. The number of rotatable bonds is 4. The van der Waals surface area contributed by atoms with E-state index in [-0.39, 0.29) is 6.61 Å². The van der Waals surface area contributed by atoms with Crippen molar-refractivity contribution < 1.29 is 9.84 Å². The average molecular weight is 207 g/mol. The second-order valence-corrected chi connectivity index (χ2v) is 3.22. The molecule has 0 saturated heterocycles. The Morgan fingerprint density at radius 1 is 1.53 bits per heavy atom. The molecule has 0 spiro atoms. The maximum absolute atomic E-state index is 8.70. The standard InChI is InChI=1S/C10H13N3O2/c1-15-8-4-5-13-10(7-8)11-9(12-13)3-2-6-14/h4-5,7,14H,2-3,6H2,1H3. The minimum absolute atomic E-state index is 0.166. The van der Waals surface area contributed by atoms with Gasteiger partial charge >= 0.3 is 0 Å². The monoisotopic (exact) mass is 207 g/mol. The van der Waals surface area contributed by atoms with E-state index in [4.69, 9.17) is 9.84 Å². The lowest BCUT2D eigenvalue weighted by molar-refractivity contribution is 0.287. The highest BCUT2D eigenvalue weighted by Crippen LogP contribution is 2.12. The smallest absolute Gasteiger partial charge is 0.159 e. The molecule has 2 aromatic rings. The molecular formula is C10H13N3O2. The fourth-order valence-corrected chi connectivity index (χ4v) is 1.38. The number of fused-ring (bicyclic) bond motifs is 1. The van der Waals surface area contributed by atoms with E-state index in [1.807, 2.05) is 18.3 Å². The van der Waals surface area contributed by atoms with Crippen LogP contribution in [0.3, 0.4) is 0 Å². The van der Waals surface area contributed by atoms with Gasteiger partial charge in [-0.15, -0.1) is 0 Å². The van der Waals surface area contributed by atoms with Crippen molar-refractivity contribution in [2.75, 3.05) is 13.7 Å². The molecule has 0 aromatic carbocycles. The molecule has 0 aliphatic heterocycles. The second-order valence-electron chi connectivity index (χ2n) is 3.22. The van der Waals surface area contributed by atoms with Gasteiger partial charge in [0.25, 0.3) is 0 Å². The Balaban J connectivity index is 2.29. The topological polar surface area (TPSA) is 59.7 Å². The lowest BCUT2D eigenvalue weighted by Crippen LogP contribution is -1.92. The molecule has 1 N–H and O–H groups in total. The van der Waals surface area contributed by atoms with Gasteiger partial charge in [-0.05, 0) is 12.5 Å². The van der Waals surface area contributed by atoms with Crippen LogP contribution in [0.4, 0.5) is 0 Å². The Morgan fingerprint density at radius 3 is 3.13 bits per heavy atom. The van der Waals surface area contributed by atoms with E-state index in [9.17, 15) is 0 Å². The van der Waals surface area contributed by atoms with E-state index < -0.39 is 0 Å². The molecular weight excluding hydrogens is 194 g/mol. The fourth-order valence-electron chi connectivity index (χ4n) is 1.38. The summed E-state index contributed by atoms with van der Waals surface area (Å²) in [7, 11) is 1.62. The molecule has 0 aliphatic rings. The maximum atomic E-state index is 8.70. The Hall–Kier alpha value is -1.62. The van der Waals surface area contributed by atoms with E-state index >= 15 is 0 Å². The van der Waals surface area contributed by atoms with E-state index in [1.165, 1.54) is 0 Å². The van der Waals surface area contributed by atoms with Gasteiger partial charge in [0.15, 0.2) is 11.5 Å². The van der Waals surface area contributed by atoms with Gasteiger partial charge in [0.05, 0.1) is 7.11 Å². The average Bonchev–Trinajstić information content (AvgIpc) is 2.67. The minimum atomic E-state index is 0.166. The molecule has 0 saturated carbocycles. The molecule has 0 amide bonds. The molecule has 0 aliphatic carbocycles. The number of aromatic nitrogens is 3. The number of pyridine rings is 1. The van der Waals surface area contributed by atoms with Crippen LogP contribution in [0.5, 0.6) is 5.75 Å². The molecule has 0 radical (unpaired) electrons. The van der Waals surface area contributed by atoms with Crippen LogP contribution in [0.15, 0.2) is 18.3 Å². The van der Waals surface area contributed by atoms with E-state index in [2.05, 4.69) is 10.1 Å². The summed E-state index contributed by atoms with van der Waals surface area (Å²) in [5.74, 6) is 1.51. The number of aliphatic hydroxyl groups is 1. The molecule has 5 nitrogen and oxygen atoms in total. The van der Waals surface area contributed by atoms with Crippen LogP contribution in [0.1, 0.15) is 12.2 Å². The summed E-state index contributed by atoms with van der Waals surface area (Å²) in [4.78, 5) is 4.32. The van der Waals surface area contributed by atoms with E-state index in [1.54, 1.807) is 11.6 Å². The van der Waals surface area contributed by atoms with Gasteiger partial charge in [-0.3, -0.25) is 0 Å². The molecule has 5 heteroatoms. The van der Waals surface area contributed by atoms with E-state index in [0.717, 1.165) is 17.2 Å². The lowest BCUT2D eigenvalue weighted by Gasteiger charge is -1.97. The van der Waals surface area contributed by atoms with Crippen molar-refractivity contribution in [3.05, 3.63) is 24.2 Å². The van der Waals surface area contributed by atoms with Crippen LogP contribution in [0.2, 0.25) is 0 Å². The van der Waals surface area contributed by atoms with Gasteiger partial charge in [0.1, 0.15) is 5.75 Å². The van der Waals surface area contributed by atoms with Gasteiger partial charge < -0.3 is 9.84 Å². The highest BCUT2D eigenvalue weighted by Gasteiger charge is 2.03.